The molecule has 0 aromatic heterocycles. The minimum atomic E-state index is -1.16. The summed E-state index contributed by atoms with van der Waals surface area (Å²) in [7, 11) is 0.898. The molecule has 3 rings (SSSR count). The van der Waals surface area contributed by atoms with Crippen LogP contribution in [0.4, 0.5) is 0 Å². The molecule has 0 spiro atoms. The monoisotopic (exact) mass is 254 g/mol. The van der Waals surface area contributed by atoms with E-state index in [1.165, 1.54) is 22.4 Å². The van der Waals surface area contributed by atoms with Crippen molar-refractivity contribution in [1.82, 2.24) is 4.90 Å². The second-order valence-electron chi connectivity index (χ2n) is 5.12. The fraction of sp³-hybridized carbons (Fsp3) is 0.286. The first kappa shape index (κ1) is 12.2. The van der Waals surface area contributed by atoms with Gasteiger partial charge in [-0.25, -0.2) is 0 Å². The van der Waals surface area contributed by atoms with Gasteiger partial charge < -0.3 is 9.92 Å². The molecule has 0 amide bonds. The molecule has 1 aliphatic carbocycles. The first-order valence-electron chi connectivity index (χ1n) is 6.42. The number of nitrogens with zero attached hydrogens (tertiary/aromatic N) is 2. The Balaban J connectivity index is 2.03. The van der Waals surface area contributed by atoms with Crippen LogP contribution in [-0.4, -0.2) is 24.0 Å². The maximum absolute atomic E-state index is 10.5. The number of nitroso groups, excluding NO2 is 1. The van der Waals surface area contributed by atoms with Crippen LogP contribution in [-0.2, 0) is 6.54 Å². The zero-order chi connectivity index (χ0) is 13.4. The van der Waals surface area contributed by atoms with Gasteiger partial charge in [-0.2, -0.15) is 4.91 Å². The van der Waals surface area contributed by atoms with Gasteiger partial charge in [0.2, 0.25) is 0 Å². The van der Waals surface area contributed by atoms with E-state index in [0.29, 0.717) is 6.42 Å². The largest absolute Gasteiger partial charge is 0.490 e. The quantitative estimate of drug-likeness (QED) is 0.651. The molecule has 4 nitrogen and oxygen atoms in total. The second-order valence-corrected chi connectivity index (χ2v) is 5.12. The van der Waals surface area contributed by atoms with Gasteiger partial charge >= 0.3 is 7.05 Å². The van der Waals surface area contributed by atoms with Gasteiger partial charge in [0.25, 0.3) is 0 Å². The maximum Gasteiger partial charge on any atom is 0.490 e. The van der Waals surface area contributed by atoms with Crippen molar-refractivity contribution in [2.75, 3.05) is 7.05 Å². The van der Waals surface area contributed by atoms with Crippen molar-refractivity contribution >= 4 is 12.6 Å². The van der Waals surface area contributed by atoms with Gasteiger partial charge in [-0.1, -0.05) is 35.4 Å². The molecule has 1 unspecified atom stereocenters. The number of likely N-dealkylation sites (N-methyl/N-ethyl adjacent to an activating group) is 1. The first-order chi connectivity index (χ1) is 9.20. The molecular weight excluding hydrogens is 239 g/mol. The number of rotatable bonds is 2. The summed E-state index contributed by atoms with van der Waals surface area (Å²) < 4.78 is 0. The molecular formula is C14H15BN2O2. The van der Waals surface area contributed by atoms with Crippen LogP contribution < -0.4 is 0 Å². The van der Waals surface area contributed by atoms with Crippen molar-refractivity contribution in [1.29, 1.82) is 0 Å². The third-order valence-corrected chi connectivity index (χ3v) is 3.90. The molecule has 0 saturated carbocycles. The Morgan fingerprint density at radius 1 is 1.42 bits per heavy atom. The van der Waals surface area contributed by atoms with Gasteiger partial charge in [-0.05, 0) is 29.2 Å². The summed E-state index contributed by atoms with van der Waals surface area (Å²) in [4.78, 5) is 12.7. The van der Waals surface area contributed by atoms with E-state index in [1.54, 1.807) is 0 Å². The average molecular weight is 254 g/mol. The van der Waals surface area contributed by atoms with E-state index >= 15 is 0 Å². The third-order valence-electron chi connectivity index (χ3n) is 3.90. The summed E-state index contributed by atoms with van der Waals surface area (Å²) >= 11 is 0. The van der Waals surface area contributed by atoms with Crippen LogP contribution in [0, 0.1) is 4.91 Å². The highest BCUT2D eigenvalue weighted by atomic mass is 16.3. The van der Waals surface area contributed by atoms with Crippen LogP contribution in [0.2, 0.25) is 5.82 Å². The highest BCUT2D eigenvalue weighted by molar-refractivity contribution is 6.50. The maximum atomic E-state index is 10.5. The predicted octanol–water partition coefficient (Wildman–Crippen LogP) is 2.42. The van der Waals surface area contributed by atoms with E-state index in [2.05, 4.69) is 29.2 Å². The van der Waals surface area contributed by atoms with Crippen LogP contribution in [0.15, 0.2) is 47.2 Å². The van der Waals surface area contributed by atoms with Crippen molar-refractivity contribution in [2.24, 2.45) is 5.09 Å². The molecule has 1 aliphatic heterocycles. The topological polar surface area (TPSA) is 52.9 Å². The Hall–Kier alpha value is -1.88. The molecule has 96 valence electrons. The number of allylic oxidation sites excluding steroid dienone is 3. The summed E-state index contributed by atoms with van der Waals surface area (Å²) in [6.07, 6.45) is 4.53. The average Bonchev–Trinajstić information content (AvgIpc) is 2.46. The molecule has 19 heavy (non-hydrogen) atoms. The van der Waals surface area contributed by atoms with Crippen LogP contribution in [0.3, 0.4) is 0 Å². The SMILES string of the molecule is CN1Cc2ccccc2C2=C1C=CC(B(O)N=O)C2. The highest BCUT2D eigenvalue weighted by Crippen LogP contribution is 2.41. The minimum absolute atomic E-state index is 0.226. The van der Waals surface area contributed by atoms with E-state index in [0.717, 1.165) is 6.54 Å². The molecule has 0 saturated heterocycles. The van der Waals surface area contributed by atoms with Gasteiger partial charge in [0.15, 0.2) is 0 Å². The molecule has 0 fully saturated rings. The van der Waals surface area contributed by atoms with E-state index in [4.69, 9.17) is 0 Å². The lowest BCUT2D eigenvalue weighted by Gasteiger charge is -2.34. The second kappa shape index (κ2) is 4.66. The van der Waals surface area contributed by atoms with Crippen molar-refractivity contribution < 1.29 is 5.02 Å². The van der Waals surface area contributed by atoms with E-state index < -0.39 is 7.05 Å². The van der Waals surface area contributed by atoms with E-state index in [9.17, 15) is 9.93 Å². The van der Waals surface area contributed by atoms with Crippen molar-refractivity contribution in [3.05, 3.63) is 58.1 Å². The zero-order valence-corrected chi connectivity index (χ0v) is 10.8. The lowest BCUT2D eigenvalue weighted by molar-refractivity contribution is 0.415. The summed E-state index contributed by atoms with van der Waals surface area (Å²) in [5.74, 6) is -0.226. The first-order valence-corrected chi connectivity index (χ1v) is 6.42. The van der Waals surface area contributed by atoms with Gasteiger partial charge in [0, 0.05) is 25.1 Å². The Morgan fingerprint density at radius 2 is 2.21 bits per heavy atom. The van der Waals surface area contributed by atoms with Crippen molar-refractivity contribution in [3.8, 4) is 0 Å². The number of benzene rings is 1. The van der Waals surface area contributed by atoms with Gasteiger partial charge in [-0.15, -0.1) is 0 Å². The highest BCUT2D eigenvalue weighted by Gasteiger charge is 2.32. The van der Waals surface area contributed by atoms with Gasteiger partial charge in [0.1, 0.15) is 0 Å². The lowest BCUT2D eigenvalue weighted by Crippen LogP contribution is -2.27. The molecule has 1 aromatic rings. The van der Waals surface area contributed by atoms with E-state index in [-0.39, 0.29) is 5.82 Å². The smallest absolute Gasteiger partial charge is 0.429 e. The number of fused-ring (bicyclic) bond motifs is 2. The summed E-state index contributed by atoms with van der Waals surface area (Å²) in [6.45, 7) is 0.887. The molecule has 0 radical (unpaired) electrons. The summed E-state index contributed by atoms with van der Waals surface area (Å²) in [5, 5.41) is 12.4. The molecule has 1 aromatic carbocycles. The standard InChI is InChI=1S/C14H15BN2O2/c1-17-9-10-4-2-3-5-12(10)13-8-11(15(18)16-19)6-7-14(13)17/h2-7,11,18H,8-9H2,1H3. The number of hydrogen-bond donors (Lipinski definition) is 1. The van der Waals surface area contributed by atoms with Crippen molar-refractivity contribution in [3.63, 3.8) is 0 Å². The van der Waals surface area contributed by atoms with Crippen LogP contribution in [0.5, 0.6) is 0 Å². The normalized spacial score (nSPS) is 20.9. The lowest BCUT2D eigenvalue weighted by atomic mass is 9.63. The Bertz CT molecular complexity index is 583. The Labute approximate surface area is 112 Å². The Kier molecular flexibility index (Phi) is 2.99. The third kappa shape index (κ3) is 2.00. The molecule has 1 N–H and O–H groups in total. The molecule has 1 heterocycles. The van der Waals surface area contributed by atoms with Crippen LogP contribution >= 0.6 is 0 Å². The molecule has 1 atom stereocenters. The van der Waals surface area contributed by atoms with Gasteiger partial charge in [0.05, 0.1) is 0 Å². The fourth-order valence-corrected chi connectivity index (χ4v) is 2.91. The minimum Gasteiger partial charge on any atom is -0.429 e. The molecule has 5 heteroatoms. The van der Waals surface area contributed by atoms with Crippen LogP contribution in [0.1, 0.15) is 17.5 Å². The molecule has 2 aliphatic rings. The number of hydrogen-bond acceptors (Lipinski definition) is 4. The summed E-state index contributed by atoms with van der Waals surface area (Å²) in [6, 6.07) is 8.29. The fourth-order valence-electron chi connectivity index (χ4n) is 2.91. The molecule has 0 bridgehead atoms. The van der Waals surface area contributed by atoms with E-state index in [1.807, 2.05) is 24.3 Å². The zero-order valence-electron chi connectivity index (χ0n) is 10.8. The van der Waals surface area contributed by atoms with Crippen LogP contribution in [0.25, 0.3) is 5.57 Å². The van der Waals surface area contributed by atoms with Gasteiger partial charge in [-0.3, -0.25) is 0 Å². The predicted molar refractivity (Wildman–Crippen MR) is 76.1 cm³/mol. The van der Waals surface area contributed by atoms with Crippen molar-refractivity contribution in [2.45, 2.75) is 18.8 Å². The Morgan fingerprint density at radius 3 is 3.00 bits per heavy atom. The summed E-state index contributed by atoms with van der Waals surface area (Å²) in [5.41, 5.74) is 4.88.